The normalized spacial score (nSPS) is 17.9. The number of halogens is 2. The summed E-state index contributed by atoms with van der Waals surface area (Å²) in [5.74, 6) is 0.385. The van der Waals surface area contributed by atoms with Crippen molar-refractivity contribution in [2.45, 2.75) is 45.3 Å². The number of aromatic nitrogens is 6. The average Bonchev–Trinajstić information content (AvgIpc) is 3.48. The number of benzene rings is 1. The minimum absolute atomic E-state index is 0.104. The number of hydrogen-bond acceptors (Lipinski definition) is 7. The zero-order valence-electron chi connectivity index (χ0n) is 19.8. The summed E-state index contributed by atoms with van der Waals surface area (Å²) in [7, 11) is 0. The Morgan fingerprint density at radius 2 is 2.11 bits per heavy atom. The molecule has 11 heteroatoms. The van der Waals surface area contributed by atoms with Gasteiger partial charge in [0.05, 0.1) is 17.3 Å². The Hall–Kier alpha value is -4.33. The molecule has 1 aliphatic rings. The molecule has 0 spiro atoms. The van der Waals surface area contributed by atoms with Gasteiger partial charge in [0.25, 0.3) is 0 Å². The van der Waals surface area contributed by atoms with E-state index < -0.39 is 6.55 Å². The Bertz CT molecular complexity index is 1460. The maximum Gasteiger partial charge on any atom is 0.320 e. The van der Waals surface area contributed by atoms with Crippen LogP contribution in [0.2, 0.25) is 0 Å². The zero-order chi connectivity index (χ0) is 25.4. The first-order valence-electron chi connectivity index (χ1n) is 11.5. The molecule has 9 nitrogen and oxygen atoms in total. The highest BCUT2D eigenvalue weighted by Gasteiger charge is 2.29. The van der Waals surface area contributed by atoms with Gasteiger partial charge in [-0.15, -0.1) is 5.10 Å². The van der Waals surface area contributed by atoms with Crippen molar-refractivity contribution in [2.24, 2.45) is 0 Å². The third-order valence-corrected chi connectivity index (χ3v) is 6.55. The lowest BCUT2D eigenvalue weighted by atomic mass is 9.98. The van der Waals surface area contributed by atoms with Crippen LogP contribution in [0.4, 0.5) is 8.78 Å². The van der Waals surface area contributed by atoms with E-state index in [0.29, 0.717) is 29.0 Å². The fourth-order valence-electron chi connectivity index (χ4n) is 4.68. The van der Waals surface area contributed by atoms with Gasteiger partial charge in [-0.25, -0.2) is 9.67 Å². The lowest BCUT2D eigenvalue weighted by Gasteiger charge is -2.34. The van der Waals surface area contributed by atoms with Crippen molar-refractivity contribution in [1.29, 1.82) is 5.26 Å². The fourth-order valence-corrected chi connectivity index (χ4v) is 4.68. The van der Waals surface area contributed by atoms with Gasteiger partial charge in [0.2, 0.25) is 0 Å². The zero-order valence-corrected chi connectivity index (χ0v) is 19.8. The predicted molar refractivity (Wildman–Crippen MR) is 129 cm³/mol. The fraction of sp³-hybridized carbons (Fsp3) is 0.320. The van der Waals surface area contributed by atoms with E-state index in [-0.39, 0.29) is 29.1 Å². The van der Waals surface area contributed by atoms with Crippen molar-refractivity contribution in [2.75, 3.05) is 6.54 Å². The van der Waals surface area contributed by atoms with Gasteiger partial charge in [-0.2, -0.15) is 14.0 Å². The monoisotopic (exact) mass is 490 g/mol. The third-order valence-electron chi connectivity index (χ3n) is 6.55. The van der Waals surface area contributed by atoms with Gasteiger partial charge in [-0.1, -0.05) is 17.9 Å². The highest BCUT2D eigenvalue weighted by atomic mass is 19.3. The molecule has 4 aromatic rings. The Balaban J connectivity index is 1.54. The second kappa shape index (κ2) is 9.37. The molecule has 1 aliphatic heterocycles. The standard InChI is InChI=1S/C25H24F2N8O/c1-15-10-19(7-9-33(15)13-28)35-16(2)23(31-32-35)18-11-21-24(34(14-30-21)25(26)27)22(12-18)36-17(3)20-6-4-5-8-29-20/h4-6,8,11-12,14-15,19,25H,3,7,9-10H2,1-2H3/t15-,19+/m0/s1. The summed E-state index contributed by atoms with van der Waals surface area (Å²) in [6.45, 7) is 5.73. The maximum absolute atomic E-state index is 13.7. The lowest BCUT2D eigenvalue weighted by molar-refractivity contribution is 0.0743. The van der Waals surface area contributed by atoms with Crippen molar-refractivity contribution in [3.8, 4) is 23.2 Å². The molecule has 0 amide bonds. The van der Waals surface area contributed by atoms with E-state index in [1.807, 2.05) is 18.5 Å². The molecule has 5 rings (SSSR count). The molecule has 3 aromatic heterocycles. The van der Waals surface area contributed by atoms with E-state index in [2.05, 4.69) is 33.1 Å². The number of ether oxygens (including phenoxy) is 1. The van der Waals surface area contributed by atoms with Crippen LogP contribution in [0.1, 0.15) is 43.7 Å². The number of likely N-dealkylation sites (tertiary alicyclic amines) is 1. The molecule has 184 valence electrons. The smallest absolute Gasteiger partial charge is 0.320 e. The Kier molecular flexibility index (Phi) is 6.10. The van der Waals surface area contributed by atoms with Gasteiger partial charge in [0, 0.05) is 24.3 Å². The first-order chi connectivity index (χ1) is 17.4. The van der Waals surface area contributed by atoms with Crippen molar-refractivity contribution in [3.63, 3.8) is 0 Å². The van der Waals surface area contributed by atoms with E-state index >= 15 is 0 Å². The van der Waals surface area contributed by atoms with Gasteiger partial charge in [-0.3, -0.25) is 9.55 Å². The predicted octanol–water partition coefficient (Wildman–Crippen LogP) is 4.95. The van der Waals surface area contributed by atoms with E-state index in [1.54, 1.807) is 41.4 Å². The van der Waals surface area contributed by atoms with Crippen LogP contribution in [-0.2, 0) is 0 Å². The molecule has 0 unspecified atom stereocenters. The molecule has 2 atom stereocenters. The van der Waals surface area contributed by atoms with Gasteiger partial charge >= 0.3 is 6.55 Å². The van der Waals surface area contributed by atoms with Crippen molar-refractivity contribution >= 4 is 16.8 Å². The van der Waals surface area contributed by atoms with Crippen molar-refractivity contribution in [3.05, 3.63) is 60.8 Å². The molecule has 0 radical (unpaired) electrons. The SMILES string of the molecule is C=C(Oc1cc(-c2nnn([C@@H]3CCN(C#N)[C@@H](C)C3)c2C)cc2ncn(C(F)F)c12)c1ccccn1. The van der Waals surface area contributed by atoms with E-state index in [9.17, 15) is 14.0 Å². The number of alkyl halides is 2. The Morgan fingerprint density at radius 1 is 1.28 bits per heavy atom. The quantitative estimate of drug-likeness (QED) is 0.279. The first kappa shape index (κ1) is 23.4. The van der Waals surface area contributed by atoms with Crippen LogP contribution in [0.3, 0.4) is 0 Å². The highest BCUT2D eigenvalue weighted by Crippen LogP contribution is 2.37. The van der Waals surface area contributed by atoms with Crippen LogP contribution in [0.25, 0.3) is 28.0 Å². The molecule has 1 aromatic carbocycles. The number of rotatable bonds is 6. The van der Waals surface area contributed by atoms with Crippen LogP contribution in [0.5, 0.6) is 5.75 Å². The average molecular weight is 491 g/mol. The molecule has 0 saturated carbocycles. The summed E-state index contributed by atoms with van der Waals surface area (Å²) in [6, 6.07) is 8.84. The Labute approximate surface area is 206 Å². The summed E-state index contributed by atoms with van der Waals surface area (Å²) in [6.07, 6.45) is 6.47. The van der Waals surface area contributed by atoms with E-state index in [1.165, 1.54) is 0 Å². The van der Waals surface area contributed by atoms with Crippen LogP contribution in [0, 0.1) is 18.4 Å². The number of nitrogens with zero attached hydrogens (tertiary/aromatic N) is 8. The van der Waals surface area contributed by atoms with E-state index in [4.69, 9.17) is 4.74 Å². The molecule has 4 heterocycles. The second-order valence-electron chi connectivity index (χ2n) is 8.80. The summed E-state index contributed by atoms with van der Waals surface area (Å²) in [4.78, 5) is 10.2. The van der Waals surface area contributed by atoms with Crippen LogP contribution in [-0.4, -0.2) is 47.0 Å². The van der Waals surface area contributed by atoms with Crippen molar-refractivity contribution in [1.82, 2.24) is 34.4 Å². The van der Waals surface area contributed by atoms with Gasteiger partial charge in [0.15, 0.2) is 11.9 Å². The summed E-state index contributed by atoms with van der Waals surface area (Å²) < 4.78 is 36.1. The minimum Gasteiger partial charge on any atom is -0.453 e. The first-order valence-corrected chi connectivity index (χ1v) is 11.5. The lowest BCUT2D eigenvalue weighted by Crippen LogP contribution is -2.38. The largest absolute Gasteiger partial charge is 0.453 e. The van der Waals surface area contributed by atoms with Crippen LogP contribution in [0.15, 0.2) is 49.4 Å². The molecular formula is C25H24F2N8O. The van der Waals surface area contributed by atoms with E-state index in [0.717, 1.165) is 29.4 Å². The number of hydrogen-bond donors (Lipinski definition) is 0. The number of imidazole rings is 1. The summed E-state index contributed by atoms with van der Waals surface area (Å²) in [5.41, 5.74) is 3.04. The Morgan fingerprint density at radius 3 is 2.81 bits per heavy atom. The molecule has 0 N–H and O–H groups in total. The summed E-state index contributed by atoms with van der Waals surface area (Å²) in [5, 5.41) is 18.1. The van der Waals surface area contributed by atoms with Gasteiger partial charge in [0.1, 0.15) is 29.0 Å². The molecule has 0 aliphatic carbocycles. The van der Waals surface area contributed by atoms with Crippen LogP contribution < -0.4 is 4.74 Å². The minimum atomic E-state index is -2.80. The van der Waals surface area contributed by atoms with Crippen molar-refractivity contribution < 1.29 is 13.5 Å². The number of nitriles is 1. The number of pyridine rings is 1. The number of fused-ring (bicyclic) bond motifs is 1. The van der Waals surface area contributed by atoms with Crippen LogP contribution >= 0.6 is 0 Å². The summed E-state index contributed by atoms with van der Waals surface area (Å²) >= 11 is 0. The molecular weight excluding hydrogens is 466 g/mol. The topological polar surface area (TPSA) is 97.7 Å². The van der Waals surface area contributed by atoms with Gasteiger partial charge < -0.3 is 9.64 Å². The maximum atomic E-state index is 13.7. The molecule has 1 saturated heterocycles. The molecule has 1 fully saturated rings. The van der Waals surface area contributed by atoms with Gasteiger partial charge in [-0.05, 0) is 51.0 Å². The highest BCUT2D eigenvalue weighted by molar-refractivity contribution is 5.88. The third kappa shape index (κ3) is 4.15. The molecule has 36 heavy (non-hydrogen) atoms. The second-order valence-corrected chi connectivity index (χ2v) is 8.80. The number of piperidine rings is 1. The molecule has 0 bridgehead atoms.